The molecule has 0 radical (unpaired) electrons. The Morgan fingerprint density at radius 1 is 0.919 bits per heavy atom. The van der Waals surface area contributed by atoms with Crippen LogP contribution in [0.1, 0.15) is 18.7 Å². The molecule has 1 N–H and O–H groups in total. The van der Waals surface area contributed by atoms with Crippen LogP contribution in [-0.4, -0.2) is 27.5 Å². The van der Waals surface area contributed by atoms with Crippen molar-refractivity contribution < 1.29 is 14.4 Å². The highest BCUT2D eigenvalue weighted by Crippen LogP contribution is 2.54. The molecule has 1 fully saturated rings. The summed E-state index contributed by atoms with van der Waals surface area (Å²) in [5, 5.41) is 4.77. The van der Waals surface area contributed by atoms with E-state index in [4.69, 9.17) is 0 Å². The van der Waals surface area contributed by atoms with E-state index in [1.54, 1.807) is 24.3 Å². The number of aromatic nitrogens is 1. The number of carbonyl (C=O) groups excluding carboxylic acids is 3. The van der Waals surface area contributed by atoms with Crippen molar-refractivity contribution in [2.24, 2.45) is 5.92 Å². The monoisotopic (exact) mass is 529 g/mol. The summed E-state index contributed by atoms with van der Waals surface area (Å²) in [4.78, 5) is 54.9. The number of thiazole rings is 1. The fourth-order valence-electron chi connectivity index (χ4n) is 5.27. The summed E-state index contributed by atoms with van der Waals surface area (Å²) in [6.45, 7) is 3.62. The average Bonchev–Trinajstić information content (AvgIpc) is 3.33. The number of nitrogens with zero attached hydrogens (tertiary/aromatic N) is 2. The Morgan fingerprint density at radius 2 is 1.62 bits per heavy atom. The SMILES string of the molecule is CC1(C)c2sc(=O)n(CC(=O)Nc3cccc4ccccc34)c2S[C@@H]2C(=O)N(c3ccccc3)C(=O)[C@@H]21. The second kappa shape index (κ2) is 8.71. The van der Waals surface area contributed by atoms with E-state index in [1.807, 2.05) is 62.4 Å². The number of anilines is 2. The lowest BCUT2D eigenvalue weighted by molar-refractivity contribution is -0.123. The summed E-state index contributed by atoms with van der Waals surface area (Å²) in [6.07, 6.45) is 0. The topological polar surface area (TPSA) is 88.5 Å². The van der Waals surface area contributed by atoms with Crippen LogP contribution in [0.3, 0.4) is 0 Å². The highest BCUT2D eigenvalue weighted by molar-refractivity contribution is 8.00. The molecular formula is C28H23N3O4S2. The molecule has 3 amide bonds. The molecule has 0 saturated carbocycles. The Morgan fingerprint density at radius 3 is 2.41 bits per heavy atom. The van der Waals surface area contributed by atoms with E-state index in [0.29, 0.717) is 16.4 Å². The van der Waals surface area contributed by atoms with E-state index >= 15 is 0 Å². The van der Waals surface area contributed by atoms with Crippen LogP contribution in [0, 0.1) is 5.92 Å². The van der Waals surface area contributed by atoms with Gasteiger partial charge in [-0.05, 0) is 23.6 Å². The van der Waals surface area contributed by atoms with Gasteiger partial charge in [0.25, 0.3) is 0 Å². The van der Waals surface area contributed by atoms with Gasteiger partial charge in [-0.3, -0.25) is 23.7 Å². The third-order valence-electron chi connectivity index (χ3n) is 7.08. The summed E-state index contributed by atoms with van der Waals surface area (Å²) < 4.78 is 1.44. The van der Waals surface area contributed by atoms with Gasteiger partial charge >= 0.3 is 4.87 Å². The van der Waals surface area contributed by atoms with Crippen molar-refractivity contribution in [1.29, 1.82) is 0 Å². The number of thioether (sulfide) groups is 1. The second-order valence-corrected chi connectivity index (χ2v) is 11.8. The highest BCUT2D eigenvalue weighted by atomic mass is 32.2. The van der Waals surface area contributed by atoms with E-state index < -0.39 is 16.6 Å². The van der Waals surface area contributed by atoms with Crippen LogP contribution >= 0.6 is 23.1 Å². The molecule has 2 aliphatic heterocycles. The van der Waals surface area contributed by atoms with Gasteiger partial charge in [-0.1, -0.05) is 91.5 Å². The number of para-hydroxylation sites is 1. The minimum absolute atomic E-state index is 0.182. The highest BCUT2D eigenvalue weighted by Gasteiger charge is 2.59. The predicted octanol–water partition coefficient (Wildman–Crippen LogP) is 4.64. The smallest absolute Gasteiger partial charge is 0.308 e. The molecule has 4 aromatic rings. The Bertz CT molecular complexity index is 1630. The fraction of sp³-hybridized carbons (Fsp3) is 0.214. The molecule has 3 aromatic carbocycles. The first kappa shape index (κ1) is 23.7. The molecular weight excluding hydrogens is 506 g/mol. The Hall–Kier alpha value is -3.69. The van der Waals surface area contributed by atoms with Crippen molar-refractivity contribution in [1.82, 2.24) is 4.57 Å². The van der Waals surface area contributed by atoms with E-state index in [-0.39, 0.29) is 29.1 Å². The fourth-order valence-corrected chi connectivity index (χ4v) is 8.31. The van der Waals surface area contributed by atoms with Crippen LogP contribution in [0.2, 0.25) is 0 Å². The van der Waals surface area contributed by atoms with Gasteiger partial charge in [0.1, 0.15) is 11.8 Å². The van der Waals surface area contributed by atoms with E-state index in [2.05, 4.69) is 5.32 Å². The largest absolute Gasteiger partial charge is 0.324 e. The van der Waals surface area contributed by atoms with Crippen LogP contribution in [0.25, 0.3) is 10.8 Å². The standard InChI is InChI=1S/C28H23N3O4S2/c1-28(2)21-22(25(34)31(24(21)33)17-11-4-3-5-12-17)36-26-23(28)37-27(35)30(26)15-20(32)29-19-14-8-10-16-9-6-7-13-18(16)19/h3-14,21-22H,15H2,1-2H3,(H,29,32)/t21-,22+/m1/s1. The van der Waals surface area contributed by atoms with Gasteiger partial charge in [-0.15, -0.1) is 0 Å². The molecule has 1 aromatic heterocycles. The zero-order valence-corrected chi connectivity index (χ0v) is 21.8. The lowest BCUT2D eigenvalue weighted by atomic mass is 9.76. The second-order valence-electron chi connectivity index (χ2n) is 9.75. The number of hydrogen-bond acceptors (Lipinski definition) is 6. The zero-order chi connectivity index (χ0) is 25.9. The summed E-state index contributed by atoms with van der Waals surface area (Å²) in [5.41, 5.74) is 0.463. The molecule has 0 aliphatic carbocycles. The third-order valence-corrected chi connectivity index (χ3v) is 9.91. The molecule has 2 atom stereocenters. The van der Waals surface area contributed by atoms with Crippen molar-refractivity contribution in [3.05, 3.63) is 87.3 Å². The Balaban J connectivity index is 1.32. The van der Waals surface area contributed by atoms with Gasteiger partial charge in [-0.2, -0.15) is 0 Å². The number of fused-ring (bicyclic) bond motifs is 3. The van der Waals surface area contributed by atoms with Gasteiger partial charge in [-0.25, -0.2) is 4.90 Å². The van der Waals surface area contributed by atoms with Gasteiger partial charge in [0, 0.05) is 21.4 Å². The normalized spacial score (nSPS) is 20.1. The van der Waals surface area contributed by atoms with Crippen LogP contribution in [0.4, 0.5) is 11.4 Å². The molecule has 0 bridgehead atoms. The molecule has 2 aliphatic rings. The molecule has 9 heteroatoms. The minimum atomic E-state index is -0.747. The summed E-state index contributed by atoms with van der Waals surface area (Å²) in [6, 6.07) is 22.3. The van der Waals surface area contributed by atoms with Gasteiger partial charge in [0.05, 0.1) is 16.6 Å². The molecule has 0 spiro atoms. The minimum Gasteiger partial charge on any atom is -0.324 e. The first-order valence-corrected chi connectivity index (χ1v) is 13.6. The quantitative estimate of drug-likeness (QED) is 0.389. The molecule has 0 unspecified atom stereocenters. The van der Waals surface area contributed by atoms with Crippen molar-refractivity contribution >= 4 is 63.0 Å². The molecule has 186 valence electrons. The Labute approximate surface area is 221 Å². The van der Waals surface area contributed by atoms with Crippen molar-refractivity contribution in [3.8, 4) is 0 Å². The van der Waals surface area contributed by atoms with E-state index in [0.717, 1.165) is 27.0 Å². The Kier molecular flexibility index (Phi) is 5.58. The number of amides is 3. The van der Waals surface area contributed by atoms with Crippen molar-refractivity contribution in [2.75, 3.05) is 10.2 Å². The maximum absolute atomic E-state index is 13.5. The molecule has 7 nitrogen and oxygen atoms in total. The lowest BCUT2D eigenvalue weighted by Crippen LogP contribution is -2.41. The average molecular weight is 530 g/mol. The van der Waals surface area contributed by atoms with Gasteiger partial charge in [0.15, 0.2) is 0 Å². The van der Waals surface area contributed by atoms with Crippen molar-refractivity contribution in [3.63, 3.8) is 0 Å². The lowest BCUT2D eigenvalue weighted by Gasteiger charge is -2.36. The maximum Gasteiger partial charge on any atom is 0.308 e. The van der Waals surface area contributed by atoms with Crippen molar-refractivity contribution in [2.45, 2.75) is 36.1 Å². The zero-order valence-electron chi connectivity index (χ0n) is 20.1. The first-order chi connectivity index (χ1) is 17.8. The molecule has 3 heterocycles. The molecule has 6 rings (SSSR count). The van der Waals surface area contributed by atoms with E-state index in [9.17, 15) is 19.2 Å². The predicted molar refractivity (Wildman–Crippen MR) is 146 cm³/mol. The summed E-state index contributed by atoms with van der Waals surface area (Å²) >= 11 is 2.27. The number of rotatable bonds is 4. The number of benzene rings is 3. The van der Waals surface area contributed by atoms with Crippen LogP contribution in [0.5, 0.6) is 0 Å². The third kappa shape index (κ3) is 3.72. The number of imide groups is 1. The number of hydrogen-bond donors (Lipinski definition) is 1. The van der Waals surface area contributed by atoms with Crippen LogP contribution in [0.15, 0.2) is 82.6 Å². The van der Waals surface area contributed by atoms with Gasteiger partial charge < -0.3 is 5.32 Å². The maximum atomic E-state index is 13.5. The van der Waals surface area contributed by atoms with E-state index in [1.165, 1.54) is 21.2 Å². The molecule has 37 heavy (non-hydrogen) atoms. The summed E-state index contributed by atoms with van der Waals surface area (Å²) in [5.74, 6) is -1.49. The van der Waals surface area contributed by atoms with Crippen LogP contribution in [-0.2, 0) is 26.3 Å². The van der Waals surface area contributed by atoms with Gasteiger partial charge in [0.2, 0.25) is 17.7 Å². The first-order valence-electron chi connectivity index (χ1n) is 11.9. The summed E-state index contributed by atoms with van der Waals surface area (Å²) in [7, 11) is 0. The molecule has 1 saturated heterocycles. The number of carbonyl (C=O) groups is 3. The number of nitrogens with one attached hydrogen (secondary N) is 1. The van der Waals surface area contributed by atoms with Crippen LogP contribution < -0.4 is 15.1 Å².